The first-order chi connectivity index (χ1) is 11.3. The normalized spacial score (nSPS) is 20.2. The zero-order valence-corrected chi connectivity index (χ0v) is 14.7. The minimum atomic E-state index is -0.910. The van der Waals surface area contributed by atoms with Crippen LogP contribution in [0, 0.1) is 13.8 Å². The lowest BCUT2D eigenvalue weighted by Gasteiger charge is -2.21. The van der Waals surface area contributed by atoms with Gasteiger partial charge in [-0.15, -0.1) is 0 Å². The van der Waals surface area contributed by atoms with E-state index in [2.05, 4.69) is 10.6 Å². The number of aryl methyl sites for hydroxylation is 2. The summed E-state index contributed by atoms with van der Waals surface area (Å²) in [7, 11) is 0. The molecule has 4 amide bonds. The van der Waals surface area contributed by atoms with Crippen LogP contribution >= 0.6 is 0 Å². The molecule has 0 aromatic heterocycles. The summed E-state index contributed by atoms with van der Waals surface area (Å²) in [4.78, 5) is 37.9. The zero-order valence-electron chi connectivity index (χ0n) is 14.7. The van der Waals surface area contributed by atoms with Gasteiger partial charge >= 0.3 is 6.03 Å². The summed E-state index contributed by atoms with van der Waals surface area (Å²) in [6, 6.07) is 5.24. The Balaban J connectivity index is 2.05. The van der Waals surface area contributed by atoms with Crippen LogP contribution < -0.4 is 10.6 Å². The number of carbonyl (C=O) groups is 3. The fraction of sp³-hybridized carbons (Fsp3) is 0.500. The molecule has 24 heavy (non-hydrogen) atoms. The molecule has 1 aromatic carbocycles. The van der Waals surface area contributed by atoms with E-state index >= 15 is 0 Å². The average molecular weight is 331 g/mol. The van der Waals surface area contributed by atoms with E-state index in [1.54, 1.807) is 6.92 Å². The summed E-state index contributed by atoms with van der Waals surface area (Å²) in [6.07, 6.45) is 2.35. The van der Waals surface area contributed by atoms with Crippen LogP contribution in [0.25, 0.3) is 0 Å². The molecule has 1 aliphatic rings. The van der Waals surface area contributed by atoms with Gasteiger partial charge in [0.05, 0.1) is 0 Å². The van der Waals surface area contributed by atoms with Gasteiger partial charge in [-0.2, -0.15) is 0 Å². The molecule has 0 radical (unpaired) electrons. The van der Waals surface area contributed by atoms with E-state index in [-0.39, 0.29) is 18.4 Å². The molecule has 1 atom stereocenters. The number of hydrogen-bond acceptors (Lipinski definition) is 3. The molecule has 1 heterocycles. The van der Waals surface area contributed by atoms with Gasteiger partial charge in [0, 0.05) is 5.69 Å². The molecule has 1 unspecified atom stereocenters. The third-order valence-corrected chi connectivity index (χ3v) is 4.34. The maximum absolute atomic E-state index is 12.5. The number of rotatable bonds is 6. The number of amides is 4. The van der Waals surface area contributed by atoms with Crippen molar-refractivity contribution in [1.29, 1.82) is 0 Å². The van der Waals surface area contributed by atoms with Crippen molar-refractivity contribution in [2.45, 2.75) is 52.5 Å². The minimum absolute atomic E-state index is 0.278. The monoisotopic (exact) mass is 331 g/mol. The van der Waals surface area contributed by atoms with E-state index in [1.165, 1.54) is 0 Å². The average Bonchev–Trinajstić information content (AvgIpc) is 2.73. The van der Waals surface area contributed by atoms with Crippen LogP contribution in [-0.2, 0) is 9.59 Å². The van der Waals surface area contributed by atoms with Gasteiger partial charge in [0.15, 0.2) is 0 Å². The molecule has 1 fully saturated rings. The van der Waals surface area contributed by atoms with E-state index in [9.17, 15) is 14.4 Å². The van der Waals surface area contributed by atoms with E-state index in [0.717, 1.165) is 28.9 Å². The van der Waals surface area contributed by atoms with Crippen LogP contribution in [0.3, 0.4) is 0 Å². The fourth-order valence-electron chi connectivity index (χ4n) is 2.79. The Kier molecular flexibility index (Phi) is 5.26. The van der Waals surface area contributed by atoms with Crippen LogP contribution in [0.2, 0.25) is 0 Å². The van der Waals surface area contributed by atoms with Crippen LogP contribution in [0.1, 0.15) is 44.2 Å². The number of anilines is 1. The molecule has 1 aliphatic heterocycles. The van der Waals surface area contributed by atoms with Crippen molar-refractivity contribution >= 4 is 23.5 Å². The Morgan fingerprint density at radius 2 is 2.00 bits per heavy atom. The van der Waals surface area contributed by atoms with Gasteiger partial charge < -0.3 is 10.6 Å². The number of nitrogens with zero attached hydrogens (tertiary/aromatic N) is 1. The Bertz CT molecular complexity index is 671. The lowest BCUT2D eigenvalue weighted by Crippen LogP contribution is -2.44. The molecular formula is C18H25N3O3. The first-order valence-corrected chi connectivity index (χ1v) is 8.28. The Labute approximate surface area is 142 Å². The number of unbranched alkanes of at least 4 members (excludes halogenated alkanes) is 1. The summed E-state index contributed by atoms with van der Waals surface area (Å²) in [5.41, 5.74) is 1.74. The second-order valence-corrected chi connectivity index (χ2v) is 6.62. The Hall–Kier alpha value is -2.37. The summed E-state index contributed by atoms with van der Waals surface area (Å²) in [6.45, 7) is 7.29. The van der Waals surface area contributed by atoms with E-state index in [1.807, 2.05) is 39.0 Å². The smallest absolute Gasteiger partial charge is 0.324 e. The highest BCUT2D eigenvalue weighted by Crippen LogP contribution is 2.23. The van der Waals surface area contributed by atoms with Gasteiger partial charge in [-0.1, -0.05) is 31.9 Å². The van der Waals surface area contributed by atoms with Crippen molar-refractivity contribution in [3.05, 3.63) is 29.3 Å². The number of nitrogens with one attached hydrogen (secondary N) is 2. The lowest BCUT2D eigenvalue weighted by molar-refractivity contribution is -0.133. The van der Waals surface area contributed by atoms with Crippen molar-refractivity contribution in [2.75, 3.05) is 11.9 Å². The first-order valence-electron chi connectivity index (χ1n) is 8.28. The molecular weight excluding hydrogens is 306 g/mol. The van der Waals surface area contributed by atoms with Crippen molar-refractivity contribution in [3.63, 3.8) is 0 Å². The van der Waals surface area contributed by atoms with Gasteiger partial charge in [0.25, 0.3) is 5.91 Å². The number of hydrogen-bond donors (Lipinski definition) is 2. The predicted octanol–water partition coefficient (Wildman–Crippen LogP) is 2.74. The zero-order chi connectivity index (χ0) is 17.9. The van der Waals surface area contributed by atoms with E-state index in [0.29, 0.717) is 12.1 Å². The molecule has 6 heteroatoms. The molecule has 0 aliphatic carbocycles. The van der Waals surface area contributed by atoms with Gasteiger partial charge in [0.1, 0.15) is 12.1 Å². The fourth-order valence-corrected chi connectivity index (χ4v) is 2.79. The standard InChI is InChI=1S/C18H25N3O3/c1-5-6-9-18(4)16(23)21(17(24)20-18)11-15(22)19-14-10-12(2)7-8-13(14)3/h7-8,10H,5-6,9,11H2,1-4H3,(H,19,22)(H,20,24). The van der Waals surface area contributed by atoms with Crippen molar-refractivity contribution < 1.29 is 14.4 Å². The minimum Gasteiger partial charge on any atom is -0.324 e. The number of imide groups is 1. The van der Waals surface area contributed by atoms with Gasteiger partial charge in [-0.3, -0.25) is 14.5 Å². The molecule has 0 spiro atoms. The molecule has 0 saturated carbocycles. The van der Waals surface area contributed by atoms with Gasteiger partial charge in [0.2, 0.25) is 5.91 Å². The maximum atomic E-state index is 12.5. The number of urea groups is 1. The van der Waals surface area contributed by atoms with Gasteiger partial charge in [-0.05, 0) is 44.4 Å². The van der Waals surface area contributed by atoms with Crippen molar-refractivity contribution in [2.24, 2.45) is 0 Å². The van der Waals surface area contributed by atoms with Crippen molar-refractivity contribution in [3.8, 4) is 0 Å². The largest absolute Gasteiger partial charge is 0.325 e. The highest BCUT2D eigenvalue weighted by atomic mass is 16.2. The van der Waals surface area contributed by atoms with Crippen LogP contribution in [0.15, 0.2) is 18.2 Å². The summed E-state index contributed by atoms with van der Waals surface area (Å²) in [5.74, 6) is -0.719. The third-order valence-electron chi connectivity index (χ3n) is 4.34. The maximum Gasteiger partial charge on any atom is 0.325 e. The Morgan fingerprint density at radius 3 is 2.67 bits per heavy atom. The van der Waals surface area contributed by atoms with Crippen LogP contribution in [-0.4, -0.2) is 34.8 Å². The van der Waals surface area contributed by atoms with Crippen LogP contribution in [0.5, 0.6) is 0 Å². The molecule has 130 valence electrons. The predicted molar refractivity (Wildman–Crippen MR) is 92.7 cm³/mol. The topological polar surface area (TPSA) is 78.5 Å². The molecule has 2 rings (SSSR count). The van der Waals surface area contributed by atoms with Crippen molar-refractivity contribution in [1.82, 2.24) is 10.2 Å². The SMILES string of the molecule is CCCCC1(C)NC(=O)N(CC(=O)Nc2cc(C)ccc2C)C1=O. The lowest BCUT2D eigenvalue weighted by atomic mass is 9.95. The quantitative estimate of drug-likeness (QED) is 0.787. The molecule has 2 N–H and O–H groups in total. The third kappa shape index (κ3) is 3.75. The first kappa shape index (κ1) is 18.0. The Morgan fingerprint density at radius 1 is 1.29 bits per heavy atom. The highest BCUT2D eigenvalue weighted by Gasteiger charge is 2.47. The molecule has 1 saturated heterocycles. The highest BCUT2D eigenvalue weighted by molar-refractivity contribution is 6.09. The summed E-state index contributed by atoms with van der Waals surface area (Å²) < 4.78 is 0. The number of benzene rings is 1. The molecule has 6 nitrogen and oxygen atoms in total. The summed E-state index contributed by atoms with van der Waals surface area (Å²) in [5, 5.41) is 5.49. The molecule has 0 bridgehead atoms. The summed E-state index contributed by atoms with van der Waals surface area (Å²) >= 11 is 0. The second-order valence-electron chi connectivity index (χ2n) is 6.62. The van der Waals surface area contributed by atoms with E-state index < -0.39 is 11.6 Å². The molecule has 1 aromatic rings. The number of carbonyl (C=O) groups excluding carboxylic acids is 3. The second kappa shape index (κ2) is 7.03. The van der Waals surface area contributed by atoms with E-state index in [4.69, 9.17) is 0 Å². The van der Waals surface area contributed by atoms with Gasteiger partial charge in [-0.25, -0.2) is 4.79 Å². The van der Waals surface area contributed by atoms with Crippen LogP contribution in [0.4, 0.5) is 10.5 Å².